The molecule has 0 aromatic carbocycles. The molecule has 0 aliphatic carbocycles. The predicted octanol–water partition coefficient (Wildman–Crippen LogP) is 0.611. The van der Waals surface area contributed by atoms with Crippen molar-refractivity contribution in [1.29, 1.82) is 0 Å². The molecule has 0 bridgehead atoms. The maximum Gasteiger partial charge on any atom is 0.182 e. The lowest BCUT2D eigenvalue weighted by atomic mass is 10.5. The lowest BCUT2D eigenvalue weighted by Crippen LogP contribution is -2.05. The quantitative estimate of drug-likeness (QED) is 0.582. The third-order valence-electron chi connectivity index (χ3n) is 1.63. The minimum absolute atomic E-state index is 0.113. The molecule has 0 radical (unpaired) electrons. The Labute approximate surface area is 78.6 Å². The van der Waals surface area contributed by atoms with Crippen LogP contribution in [-0.4, -0.2) is 28.2 Å². The number of aliphatic hydroxyl groups is 1. The average molecular weight is 198 g/mol. The summed E-state index contributed by atoms with van der Waals surface area (Å²) >= 11 is 1.44. The fourth-order valence-corrected chi connectivity index (χ4v) is 1.85. The molecule has 0 amide bonds. The summed E-state index contributed by atoms with van der Waals surface area (Å²) in [5, 5.41) is 12.2. The Morgan fingerprint density at radius 3 is 3.23 bits per heavy atom. The molecule has 13 heavy (non-hydrogen) atoms. The smallest absolute Gasteiger partial charge is 0.182 e. The van der Waals surface area contributed by atoms with E-state index >= 15 is 0 Å². The van der Waals surface area contributed by atoms with Crippen LogP contribution in [0.15, 0.2) is 6.07 Å². The van der Waals surface area contributed by atoms with Crippen molar-refractivity contribution < 1.29 is 5.11 Å². The molecule has 5 N–H and O–H groups in total. The number of hydrogen-bond acceptors (Lipinski definition) is 5. The molecule has 0 aliphatic rings. The number of aromatic nitrogens is 2. The van der Waals surface area contributed by atoms with Crippen molar-refractivity contribution in [3.8, 4) is 0 Å². The van der Waals surface area contributed by atoms with E-state index in [-0.39, 0.29) is 6.61 Å². The molecular weight excluding hydrogens is 188 g/mol. The van der Waals surface area contributed by atoms with Crippen LogP contribution in [0.25, 0.3) is 10.3 Å². The standard InChI is InChI=1S/C7H10N4OS/c8-7-11-6-4(13-7)3-5(10-6)9-1-2-12/h3,9-10,12H,1-2H2,(H2,8,11). The van der Waals surface area contributed by atoms with Crippen LogP contribution in [0.4, 0.5) is 10.9 Å². The Hall–Kier alpha value is -1.27. The van der Waals surface area contributed by atoms with E-state index in [2.05, 4.69) is 15.3 Å². The monoisotopic (exact) mass is 198 g/mol. The number of thiazole rings is 1. The first-order valence-corrected chi connectivity index (χ1v) is 4.71. The number of hydrogen-bond donors (Lipinski definition) is 4. The summed E-state index contributed by atoms with van der Waals surface area (Å²) < 4.78 is 1.03. The topological polar surface area (TPSA) is 87.0 Å². The van der Waals surface area contributed by atoms with Gasteiger partial charge in [0.05, 0.1) is 11.3 Å². The predicted molar refractivity (Wildman–Crippen MR) is 54.0 cm³/mol. The van der Waals surface area contributed by atoms with Gasteiger partial charge in [0.2, 0.25) is 0 Å². The highest BCUT2D eigenvalue weighted by molar-refractivity contribution is 7.22. The van der Waals surface area contributed by atoms with Gasteiger partial charge in [-0.25, -0.2) is 4.98 Å². The van der Waals surface area contributed by atoms with E-state index < -0.39 is 0 Å². The Bertz CT molecular complexity index is 376. The van der Waals surface area contributed by atoms with Crippen molar-refractivity contribution >= 4 is 32.6 Å². The van der Waals surface area contributed by atoms with Gasteiger partial charge in [0.1, 0.15) is 5.82 Å². The van der Waals surface area contributed by atoms with Gasteiger partial charge in [-0.2, -0.15) is 0 Å². The van der Waals surface area contributed by atoms with Crippen LogP contribution in [0.5, 0.6) is 0 Å². The van der Waals surface area contributed by atoms with E-state index in [4.69, 9.17) is 10.8 Å². The van der Waals surface area contributed by atoms with Crippen molar-refractivity contribution in [2.24, 2.45) is 0 Å². The minimum atomic E-state index is 0.113. The van der Waals surface area contributed by atoms with Crippen molar-refractivity contribution in [3.63, 3.8) is 0 Å². The zero-order valence-electron chi connectivity index (χ0n) is 6.87. The van der Waals surface area contributed by atoms with Crippen molar-refractivity contribution in [2.45, 2.75) is 0 Å². The van der Waals surface area contributed by atoms with Crippen molar-refractivity contribution in [1.82, 2.24) is 9.97 Å². The number of nitrogens with two attached hydrogens (primary N) is 1. The van der Waals surface area contributed by atoms with Crippen LogP contribution in [0.1, 0.15) is 0 Å². The highest BCUT2D eigenvalue weighted by Crippen LogP contribution is 2.25. The van der Waals surface area contributed by atoms with Gasteiger partial charge >= 0.3 is 0 Å². The molecule has 70 valence electrons. The molecule has 2 aromatic heterocycles. The fourth-order valence-electron chi connectivity index (χ4n) is 1.12. The van der Waals surface area contributed by atoms with E-state index in [0.717, 1.165) is 16.2 Å². The number of nitrogen functional groups attached to an aromatic ring is 1. The van der Waals surface area contributed by atoms with Gasteiger partial charge in [0.15, 0.2) is 10.8 Å². The van der Waals surface area contributed by atoms with Gasteiger partial charge in [0.25, 0.3) is 0 Å². The summed E-state index contributed by atoms with van der Waals surface area (Å²) in [4.78, 5) is 7.13. The van der Waals surface area contributed by atoms with Gasteiger partial charge < -0.3 is 21.1 Å². The van der Waals surface area contributed by atoms with E-state index in [1.807, 2.05) is 6.07 Å². The molecule has 0 saturated carbocycles. The molecule has 0 saturated heterocycles. The summed E-state index contributed by atoms with van der Waals surface area (Å²) in [5.41, 5.74) is 6.31. The Balaban J connectivity index is 2.24. The van der Waals surface area contributed by atoms with E-state index in [1.165, 1.54) is 11.3 Å². The molecule has 0 spiro atoms. The van der Waals surface area contributed by atoms with Gasteiger partial charge in [0, 0.05) is 6.54 Å². The first-order valence-electron chi connectivity index (χ1n) is 3.89. The zero-order chi connectivity index (χ0) is 9.26. The lowest BCUT2D eigenvalue weighted by Gasteiger charge is -1.98. The zero-order valence-corrected chi connectivity index (χ0v) is 7.69. The SMILES string of the molecule is Nc1nc2[nH]c(NCCO)cc2s1. The van der Waals surface area contributed by atoms with Crippen LogP contribution in [0.3, 0.4) is 0 Å². The largest absolute Gasteiger partial charge is 0.395 e. The molecule has 0 fully saturated rings. The van der Waals surface area contributed by atoms with Gasteiger partial charge in [-0.15, -0.1) is 0 Å². The van der Waals surface area contributed by atoms with Gasteiger partial charge in [-0.05, 0) is 6.07 Å². The number of aliphatic hydroxyl groups excluding tert-OH is 1. The summed E-state index contributed by atoms with van der Waals surface area (Å²) in [6, 6.07) is 1.93. The number of nitrogens with zero attached hydrogens (tertiary/aromatic N) is 1. The molecule has 2 heterocycles. The van der Waals surface area contributed by atoms with Crippen LogP contribution >= 0.6 is 11.3 Å². The van der Waals surface area contributed by atoms with E-state index in [0.29, 0.717) is 11.7 Å². The molecule has 2 rings (SSSR count). The number of nitrogens with one attached hydrogen (secondary N) is 2. The number of anilines is 2. The Morgan fingerprint density at radius 1 is 1.69 bits per heavy atom. The molecule has 5 nitrogen and oxygen atoms in total. The summed E-state index contributed by atoms with van der Waals surface area (Å²) in [7, 11) is 0. The molecule has 0 aliphatic heterocycles. The number of fused-ring (bicyclic) bond motifs is 1. The number of rotatable bonds is 3. The molecular formula is C7H10N4OS. The van der Waals surface area contributed by atoms with Crippen LogP contribution < -0.4 is 11.1 Å². The first-order chi connectivity index (χ1) is 6.29. The van der Waals surface area contributed by atoms with Gasteiger partial charge in [-0.1, -0.05) is 11.3 Å². The van der Waals surface area contributed by atoms with Gasteiger partial charge in [-0.3, -0.25) is 0 Å². The van der Waals surface area contributed by atoms with Crippen molar-refractivity contribution in [3.05, 3.63) is 6.07 Å². The maximum absolute atomic E-state index is 8.59. The second-order valence-electron chi connectivity index (χ2n) is 2.60. The van der Waals surface area contributed by atoms with E-state index in [1.54, 1.807) is 0 Å². The summed E-state index contributed by atoms with van der Waals surface area (Å²) in [6.45, 7) is 0.644. The van der Waals surface area contributed by atoms with E-state index in [9.17, 15) is 0 Å². The molecule has 0 atom stereocenters. The molecule has 2 aromatic rings. The second kappa shape index (κ2) is 3.23. The minimum Gasteiger partial charge on any atom is -0.395 e. The second-order valence-corrected chi connectivity index (χ2v) is 3.66. The number of aromatic amines is 1. The lowest BCUT2D eigenvalue weighted by molar-refractivity contribution is 0.311. The Kier molecular flexibility index (Phi) is 2.07. The molecule has 0 unspecified atom stereocenters. The molecule has 6 heteroatoms. The van der Waals surface area contributed by atoms with Crippen molar-refractivity contribution in [2.75, 3.05) is 24.2 Å². The van der Waals surface area contributed by atoms with Crippen LogP contribution in [-0.2, 0) is 0 Å². The first kappa shape index (κ1) is 8.33. The fraction of sp³-hybridized carbons (Fsp3) is 0.286. The summed E-state index contributed by atoms with van der Waals surface area (Å²) in [5.74, 6) is 0.864. The Morgan fingerprint density at radius 2 is 2.54 bits per heavy atom. The summed E-state index contributed by atoms with van der Waals surface area (Å²) in [6.07, 6.45) is 0. The normalized spacial score (nSPS) is 10.8. The highest BCUT2D eigenvalue weighted by Gasteiger charge is 2.04. The number of H-pyrrole nitrogens is 1. The maximum atomic E-state index is 8.59. The average Bonchev–Trinajstić information content (AvgIpc) is 2.57. The third-order valence-corrected chi connectivity index (χ3v) is 2.46. The van der Waals surface area contributed by atoms with Crippen LogP contribution in [0.2, 0.25) is 0 Å². The third kappa shape index (κ3) is 1.58. The van der Waals surface area contributed by atoms with Crippen LogP contribution in [0, 0.1) is 0 Å². The highest BCUT2D eigenvalue weighted by atomic mass is 32.1.